The fourth-order valence-electron chi connectivity index (χ4n) is 4.50. The molecule has 4 rings (SSSR count). The highest BCUT2D eigenvalue weighted by atomic mass is 16.6. The first-order valence-electron chi connectivity index (χ1n) is 12.3. The number of ketones is 1. The average molecular weight is 513 g/mol. The first-order chi connectivity index (χ1) is 18.3. The first-order valence-corrected chi connectivity index (χ1v) is 12.3. The van der Waals surface area contributed by atoms with E-state index < -0.39 is 4.92 Å². The third-order valence-electron chi connectivity index (χ3n) is 6.57. The lowest BCUT2D eigenvalue weighted by molar-refractivity contribution is -0.739. The lowest BCUT2D eigenvalue weighted by atomic mass is 9.98. The van der Waals surface area contributed by atoms with Crippen molar-refractivity contribution in [2.45, 2.75) is 13.8 Å². The van der Waals surface area contributed by atoms with Crippen LogP contribution in [-0.4, -0.2) is 28.5 Å². The van der Waals surface area contributed by atoms with Gasteiger partial charge in [0.05, 0.1) is 27.0 Å². The molecule has 38 heavy (non-hydrogen) atoms. The molecule has 194 valence electrons. The van der Waals surface area contributed by atoms with E-state index in [9.17, 15) is 14.9 Å². The van der Waals surface area contributed by atoms with Gasteiger partial charge in [0, 0.05) is 31.3 Å². The van der Waals surface area contributed by atoms with Crippen molar-refractivity contribution in [3.05, 3.63) is 94.0 Å². The van der Waals surface area contributed by atoms with Crippen LogP contribution in [0.1, 0.15) is 29.8 Å². The fourth-order valence-corrected chi connectivity index (χ4v) is 4.50. The van der Waals surface area contributed by atoms with E-state index in [4.69, 9.17) is 5.73 Å². The second-order valence-corrected chi connectivity index (χ2v) is 8.65. The van der Waals surface area contributed by atoms with Crippen molar-refractivity contribution in [1.29, 1.82) is 0 Å². The second kappa shape index (κ2) is 11.0. The molecule has 0 aliphatic rings. The van der Waals surface area contributed by atoms with Gasteiger partial charge < -0.3 is 10.6 Å². The molecule has 1 heterocycles. The summed E-state index contributed by atoms with van der Waals surface area (Å²) in [5.74, 6) is -0.260. The number of benzene rings is 3. The molecule has 0 atom stereocenters. The molecule has 0 amide bonds. The maximum Gasteiger partial charge on any atom is 0.449 e. The van der Waals surface area contributed by atoms with Crippen molar-refractivity contribution < 1.29 is 14.4 Å². The van der Waals surface area contributed by atoms with E-state index in [1.165, 1.54) is 0 Å². The van der Waals surface area contributed by atoms with Crippen LogP contribution >= 0.6 is 0 Å². The Hall–Kier alpha value is -4.86. The highest BCUT2D eigenvalue weighted by molar-refractivity contribution is 6.16. The zero-order valence-electron chi connectivity index (χ0n) is 21.8. The number of nitrogen functional groups attached to an aromatic ring is 1. The van der Waals surface area contributed by atoms with Crippen molar-refractivity contribution in [1.82, 2.24) is 4.68 Å². The quantitative estimate of drug-likeness (QED) is 0.0792. The van der Waals surface area contributed by atoms with Crippen molar-refractivity contribution in [3.8, 4) is 11.3 Å². The van der Waals surface area contributed by atoms with Crippen molar-refractivity contribution in [2.24, 2.45) is 24.3 Å². The SMILES string of the molecule is CCN(CC)c1ccc(N=Nc2c([N+](=O)[O-])c(-c3ccccc3)n(C)[n+]2C)c(C(=O)c2ccccc2)c1N. The number of nitro groups is 1. The Balaban J connectivity index is 1.90. The topological polar surface area (TPSA) is 123 Å². The van der Waals surface area contributed by atoms with Crippen molar-refractivity contribution in [3.63, 3.8) is 0 Å². The van der Waals surface area contributed by atoms with Crippen molar-refractivity contribution >= 4 is 34.4 Å². The molecule has 0 saturated heterocycles. The molecule has 10 nitrogen and oxygen atoms in total. The largest absolute Gasteiger partial charge is 0.449 e. The van der Waals surface area contributed by atoms with E-state index in [2.05, 4.69) is 10.2 Å². The molecule has 10 heteroatoms. The molecule has 0 radical (unpaired) electrons. The summed E-state index contributed by atoms with van der Waals surface area (Å²) < 4.78 is 3.20. The average Bonchev–Trinajstić information content (AvgIpc) is 3.19. The Morgan fingerprint density at radius 2 is 1.61 bits per heavy atom. The Morgan fingerprint density at radius 3 is 2.18 bits per heavy atom. The van der Waals surface area contributed by atoms with Gasteiger partial charge in [-0.1, -0.05) is 60.7 Å². The minimum atomic E-state index is -0.468. The number of azo groups is 1. The zero-order chi connectivity index (χ0) is 27.4. The highest BCUT2D eigenvalue weighted by Crippen LogP contribution is 2.39. The molecule has 0 unspecified atom stereocenters. The molecule has 0 aliphatic heterocycles. The van der Waals surface area contributed by atoms with Gasteiger partial charge in [0.15, 0.2) is 11.5 Å². The normalized spacial score (nSPS) is 11.2. The molecular weight excluding hydrogens is 482 g/mol. The molecule has 2 N–H and O–H groups in total. The number of hydrogen-bond donors (Lipinski definition) is 1. The van der Waals surface area contributed by atoms with E-state index in [0.29, 0.717) is 29.9 Å². The molecule has 0 fully saturated rings. The van der Waals surface area contributed by atoms with E-state index in [1.54, 1.807) is 72.0 Å². The van der Waals surface area contributed by atoms with Crippen LogP contribution in [0, 0.1) is 10.1 Å². The van der Waals surface area contributed by atoms with Crippen LogP contribution in [0.15, 0.2) is 83.0 Å². The van der Waals surface area contributed by atoms with Gasteiger partial charge in [-0.15, -0.1) is 4.68 Å². The maximum atomic E-state index is 13.6. The van der Waals surface area contributed by atoms with Crippen LogP contribution in [0.5, 0.6) is 0 Å². The summed E-state index contributed by atoms with van der Waals surface area (Å²) in [6.45, 7) is 5.42. The minimum Gasteiger partial charge on any atom is -0.396 e. The Morgan fingerprint density at radius 1 is 1.00 bits per heavy atom. The number of aromatic nitrogens is 2. The number of nitrogens with two attached hydrogens (primary N) is 1. The van der Waals surface area contributed by atoms with Crippen LogP contribution in [0.3, 0.4) is 0 Å². The van der Waals surface area contributed by atoms with Crippen molar-refractivity contribution in [2.75, 3.05) is 23.7 Å². The van der Waals surface area contributed by atoms with Crippen LogP contribution in [-0.2, 0) is 14.1 Å². The van der Waals surface area contributed by atoms with E-state index >= 15 is 0 Å². The fraction of sp³-hybridized carbons (Fsp3) is 0.214. The molecule has 0 bridgehead atoms. The summed E-state index contributed by atoms with van der Waals surface area (Å²) in [7, 11) is 3.39. The van der Waals surface area contributed by atoms with Gasteiger partial charge in [0.2, 0.25) is 0 Å². The number of hydrogen-bond acceptors (Lipinski definition) is 7. The lowest BCUT2D eigenvalue weighted by Gasteiger charge is -2.24. The third kappa shape index (κ3) is 4.75. The summed E-state index contributed by atoms with van der Waals surface area (Å²) in [6.07, 6.45) is 0. The van der Waals surface area contributed by atoms with E-state index in [1.807, 2.05) is 43.0 Å². The zero-order valence-corrected chi connectivity index (χ0v) is 21.8. The summed E-state index contributed by atoms with van der Waals surface area (Å²) in [6, 6.07) is 21.3. The molecule has 0 saturated carbocycles. The number of carbonyl (C=O) groups is 1. The van der Waals surface area contributed by atoms with Crippen LogP contribution < -0.4 is 15.3 Å². The molecule has 1 aromatic heterocycles. The highest BCUT2D eigenvalue weighted by Gasteiger charge is 2.37. The predicted octanol–water partition coefficient (Wildman–Crippen LogP) is 5.50. The Bertz CT molecular complexity index is 1510. The van der Waals surface area contributed by atoms with Gasteiger partial charge in [-0.2, -0.15) is 0 Å². The molecular formula is C28H30N7O3+. The first kappa shape index (κ1) is 26.2. The van der Waals surface area contributed by atoms with Gasteiger partial charge in [-0.05, 0) is 31.1 Å². The van der Waals surface area contributed by atoms with Crippen LogP contribution in [0.2, 0.25) is 0 Å². The molecule has 4 aromatic rings. The summed E-state index contributed by atoms with van der Waals surface area (Å²) >= 11 is 0. The number of carbonyl (C=O) groups excluding carboxylic acids is 1. The van der Waals surface area contributed by atoms with Gasteiger partial charge in [0.25, 0.3) is 0 Å². The molecule has 0 spiro atoms. The lowest BCUT2D eigenvalue weighted by Crippen LogP contribution is -2.37. The molecule has 3 aromatic carbocycles. The number of nitrogens with zero attached hydrogens (tertiary/aromatic N) is 6. The van der Waals surface area contributed by atoms with Gasteiger partial charge in [-0.25, -0.2) is 4.68 Å². The van der Waals surface area contributed by atoms with E-state index in [0.717, 1.165) is 5.69 Å². The maximum absolute atomic E-state index is 13.6. The molecule has 0 aliphatic carbocycles. The third-order valence-corrected chi connectivity index (χ3v) is 6.57. The Labute approximate surface area is 220 Å². The smallest absolute Gasteiger partial charge is 0.396 e. The summed E-state index contributed by atoms with van der Waals surface area (Å²) in [5, 5.41) is 20.8. The van der Waals surface area contributed by atoms with Crippen LogP contribution in [0.4, 0.5) is 28.6 Å². The van der Waals surface area contributed by atoms with Gasteiger partial charge >= 0.3 is 11.5 Å². The van der Waals surface area contributed by atoms with E-state index in [-0.39, 0.29) is 34.2 Å². The standard InChI is InChI=1S/C28H29N7O3/c1-5-34(6-2)22-18-17-21(23(24(22)29)27(36)20-15-11-8-12-16-20)30-31-28-26(35(37)38)25(32(3)33(28)4)19-13-9-7-10-14-19/h7-18H,5-6H2,1-4H3,(H-,29,30,36)/p+1. The number of rotatable bonds is 9. The number of anilines is 2. The minimum absolute atomic E-state index is 0.0425. The summed E-state index contributed by atoms with van der Waals surface area (Å²) in [5.41, 5.74) is 9.34. The monoisotopic (exact) mass is 512 g/mol. The van der Waals surface area contributed by atoms with Gasteiger partial charge in [0.1, 0.15) is 12.7 Å². The predicted molar refractivity (Wildman–Crippen MR) is 147 cm³/mol. The van der Waals surface area contributed by atoms with Crippen LogP contribution in [0.25, 0.3) is 11.3 Å². The summed E-state index contributed by atoms with van der Waals surface area (Å²) in [4.78, 5) is 27.4. The van der Waals surface area contributed by atoms with Gasteiger partial charge in [-0.3, -0.25) is 14.9 Å². The Kier molecular flexibility index (Phi) is 7.61. The second-order valence-electron chi connectivity index (χ2n) is 8.65.